The zero-order valence-corrected chi connectivity index (χ0v) is 15.2. The van der Waals surface area contributed by atoms with Crippen molar-refractivity contribution < 1.29 is 9.59 Å². The molecule has 1 aromatic carbocycles. The Morgan fingerprint density at radius 3 is 2.85 bits per heavy atom. The average Bonchev–Trinajstić information content (AvgIpc) is 3.31. The Kier molecular flexibility index (Phi) is 3.56. The molecule has 2 amide bonds. The first-order valence-corrected chi connectivity index (χ1v) is 9.32. The molecule has 138 valence electrons. The fourth-order valence-electron chi connectivity index (χ4n) is 3.80. The molecule has 2 aliphatic rings. The molecule has 0 radical (unpaired) electrons. The van der Waals surface area contributed by atoms with E-state index in [1.807, 2.05) is 37.4 Å². The van der Waals surface area contributed by atoms with Gasteiger partial charge >= 0.3 is 0 Å². The summed E-state index contributed by atoms with van der Waals surface area (Å²) in [5.74, 6) is -0.0850. The first kappa shape index (κ1) is 16.1. The fraction of sp³-hybridized carbons (Fsp3) is 0.350. The summed E-state index contributed by atoms with van der Waals surface area (Å²) >= 11 is 0. The van der Waals surface area contributed by atoms with E-state index in [1.165, 1.54) is 0 Å². The molecular formula is C20H21N5O2. The standard InChI is InChI=1S/C20H21N5O2/c1-24(13-6-7-13)20(27)18-14-11-25(9-8-16(14)22-23-18)19(26)17-10-12-4-2-3-5-15(12)21-17/h2-5,10,13,21H,6-9,11H2,1H3,(H,22,23). The van der Waals surface area contributed by atoms with Gasteiger partial charge in [0.25, 0.3) is 11.8 Å². The third-order valence-corrected chi connectivity index (χ3v) is 5.60. The van der Waals surface area contributed by atoms with Crippen LogP contribution < -0.4 is 0 Å². The number of nitrogens with zero attached hydrogens (tertiary/aromatic N) is 3. The molecule has 7 nitrogen and oxygen atoms in total. The van der Waals surface area contributed by atoms with Crippen molar-refractivity contribution in [2.45, 2.75) is 31.8 Å². The van der Waals surface area contributed by atoms with Gasteiger partial charge in [0.1, 0.15) is 11.4 Å². The summed E-state index contributed by atoms with van der Waals surface area (Å²) in [5, 5.41) is 8.25. The van der Waals surface area contributed by atoms with Gasteiger partial charge in [-0.1, -0.05) is 18.2 Å². The number of hydrogen-bond acceptors (Lipinski definition) is 3. The van der Waals surface area contributed by atoms with Gasteiger partial charge in [0, 0.05) is 42.5 Å². The van der Waals surface area contributed by atoms with E-state index in [0.29, 0.717) is 36.9 Å². The van der Waals surface area contributed by atoms with Crippen molar-refractivity contribution in [3.63, 3.8) is 0 Å². The zero-order valence-electron chi connectivity index (χ0n) is 15.2. The summed E-state index contributed by atoms with van der Waals surface area (Å²) in [7, 11) is 1.84. The van der Waals surface area contributed by atoms with Crippen molar-refractivity contribution in [2.24, 2.45) is 0 Å². The second-order valence-electron chi connectivity index (χ2n) is 7.42. The number of rotatable bonds is 3. The molecule has 3 heterocycles. The molecule has 27 heavy (non-hydrogen) atoms. The first-order valence-electron chi connectivity index (χ1n) is 9.32. The van der Waals surface area contributed by atoms with E-state index in [9.17, 15) is 9.59 Å². The molecule has 1 aliphatic heterocycles. The Hall–Kier alpha value is -3.09. The lowest BCUT2D eigenvalue weighted by Crippen LogP contribution is -2.37. The van der Waals surface area contributed by atoms with E-state index in [2.05, 4.69) is 15.2 Å². The van der Waals surface area contributed by atoms with Crippen LogP contribution >= 0.6 is 0 Å². The smallest absolute Gasteiger partial charge is 0.272 e. The number of amides is 2. The summed E-state index contributed by atoms with van der Waals surface area (Å²) in [5.41, 5.74) is 3.79. The van der Waals surface area contributed by atoms with Gasteiger partial charge in [0.2, 0.25) is 0 Å². The number of para-hydroxylation sites is 1. The molecular weight excluding hydrogens is 342 g/mol. The van der Waals surface area contributed by atoms with E-state index in [-0.39, 0.29) is 11.8 Å². The summed E-state index contributed by atoms with van der Waals surface area (Å²) in [6.45, 7) is 0.998. The van der Waals surface area contributed by atoms with Crippen LogP contribution in [0.2, 0.25) is 0 Å². The topological polar surface area (TPSA) is 85.1 Å². The van der Waals surface area contributed by atoms with Crippen molar-refractivity contribution in [3.8, 4) is 0 Å². The average molecular weight is 363 g/mol. The van der Waals surface area contributed by atoms with Gasteiger partial charge in [0.15, 0.2) is 0 Å². The van der Waals surface area contributed by atoms with Gasteiger partial charge in [-0.15, -0.1) is 0 Å². The minimum absolute atomic E-state index is 0.0360. The largest absolute Gasteiger partial charge is 0.351 e. The van der Waals surface area contributed by atoms with Crippen LogP contribution in [-0.2, 0) is 13.0 Å². The Morgan fingerprint density at radius 2 is 2.07 bits per heavy atom. The number of carbonyl (C=O) groups excluding carboxylic acids is 2. The van der Waals surface area contributed by atoms with E-state index < -0.39 is 0 Å². The van der Waals surface area contributed by atoms with Crippen LogP contribution in [0, 0.1) is 0 Å². The Labute approximate surface area is 156 Å². The molecule has 5 rings (SSSR count). The molecule has 0 atom stereocenters. The summed E-state index contributed by atoms with van der Waals surface area (Å²) in [4.78, 5) is 32.5. The van der Waals surface area contributed by atoms with E-state index >= 15 is 0 Å². The lowest BCUT2D eigenvalue weighted by molar-refractivity contribution is 0.0717. The molecule has 1 saturated carbocycles. The normalized spacial score (nSPS) is 16.4. The maximum atomic E-state index is 13.0. The van der Waals surface area contributed by atoms with E-state index in [4.69, 9.17) is 0 Å². The minimum Gasteiger partial charge on any atom is -0.351 e. The molecule has 0 unspecified atom stereocenters. The van der Waals surface area contributed by atoms with Crippen LogP contribution in [0.1, 0.15) is 45.1 Å². The van der Waals surface area contributed by atoms with Crippen LogP contribution in [0.15, 0.2) is 30.3 Å². The fourth-order valence-corrected chi connectivity index (χ4v) is 3.80. The monoisotopic (exact) mass is 363 g/mol. The highest BCUT2D eigenvalue weighted by Crippen LogP contribution is 2.29. The predicted molar refractivity (Wildman–Crippen MR) is 100 cm³/mol. The van der Waals surface area contributed by atoms with Crippen LogP contribution in [0.25, 0.3) is 10.9 Å². The Bertz CT molecular complexity index is 1010. The third kappa shape index (κ3) is 2.70. The van der Waals surface area contributed by atoms with Gasteiger partial charge in [-0.2, -0.15) is 5.10 Å². The maximum Gasteiger partial charge on any atom is 0.272 e. The van der Waals surface area contributed by atoms with Gasteiger partial charge in [-0.3, -0.25) is 14.7 Å². The van der Waals surface area contributed by atoms with Crippen molar-refractivity contribution in [2.75, 3.05) is 13.6 Å². The van der Waals surface area contributed by atoms with Gasteiger partial charge in [0.05, 0.1) is 12.2 Å². The predicted octanol–water partition coefficient (Wildman–Crippen LogP) is 2.32. The van der Waals surface area contributed by atoms with Crippen LogP contribution in [0.3, 0.4) is 0 Å². The van der Waals surface area contributed by atoms with Crippen molar-refractivity contribution in [3.05, 3.63) is 53.0 Å². The maximum absolute atomic E-state index is 13.0. The van der Waals surface area contributed by atoms with Crippen molar-refractivity contribution >= 4 is 22.7 Å². The summed E-state index contributed by atoms with van der Waals surface area (Å²) in [6.07, 6.45) is 2.77. The molecule has 1 fully saturated rings. The molecule has 0 bridgehead atoms. The Morgan fingerprint density at radius 1 is 1.26 bits per heavy atom. The SMILES string of the molecule is CN(C(=O)c1[nH]nc2c1CN(C(=O)c1cc3ccccc3[nH]1)CC2)C1CC1. The number of fused-ring (bicyclic) bond motifs is 2. The lowest BCUT2D eigenvalue weighted by atomic mass is 10.0. The van der Waals surface area contributed by atoms with E-state index in [0.717, 1.165) is 35.0 Å². The van der Waals surface area contributed by atoms with E-state index in [1.54, 1.807) is 9.80 Å². The molecule has 3 aromatic rings. The van der Waals surface area contributed by atoms with Crippen LogP contribution in [-0.4, -0.2) is 56.4 Å². The molecule has 0 spiro atoms. The first-order chi connectivity index (χ1) is 13.1. The number of nitrogens with one attached hydrogen (secondary N) is 2. The zero-order chi connectivity index (χ0) is 18.5. The molecule has 1 aliphatic carbocycles. The van der Waals surface area contributed by atoms with Gasteiger partial charge < -0.3 is 14.8 Å². The second kappa shape index (κ2) is 5.97. The van der Waals surface area contributed by atoms with Crippen molar-refractivity contribution in [1.82, 2.24) is 25.0 Å². The lowest BCUT2D eigenvalue weighted by Gasteiger charge is -2.27. The molecule has 7 heteroatoms. The number of aromatic nitrogens is 3. The summed E-state index contributed by atoms with van der Waals surface area (Å²) < 4.78 is 0. The van der Waals surface area contributed by atoms with Crippen LogP contribution in [0.4, 0.5) is 0 Å². The number of aromatic amines is 2. The van der Waals surface area contributed by atoms with Crippen molar-refractivity contribution in [1.29, 1.82) is 0 Å². The minimum atomic E-state index is -0.0491. The summed E-state index contributed by atoms with van der Waals surface area (Å²) in [6, 6.07) is 10.1. The Balaban J connectivity index is 1.40. The number of carbonyl (C=O) groups is 2. The van der Waals surface area contributed by atoms with Gasteiger partial charge in [-0.25, -0.2) is 0 Å². The highest BCUT2D eigenvalue weighted by Gasteiger charge is 2.34. The molecule has 0 saturated heterocycles. The van der Waals surface area contributed by atoms with Gasteiger partial charge in [-0.05, 0) is 25.0 Å². The molecule has 2 N–H and O–H groups in total. The second-order valence-corrected chi connectivity index (χ2v) is 7.42. The number of hydrogen-bond donors (Lipinski definition) is 2. The third-order valence-electron chi connectivity index (χ3n) is 5.60. The number of benzene rings is 1. The molecule has 2 aromatic heterocycles. The highest BCUT2D eigenvalue weighted by atomic mass is 16.2. The van der Waals surface area contributed by atoms with Crippen LogP contribution in [0.5, 0.6) is 0 Å². The number of H-pyrrole nitrogens is 2. The highest BCUT2D eigenvalue weighted by molar-refractivity contribution is 5.98. The quantitative estimate of drug-likeness (QED) is 0.749.